The van der Waals surface area contributed by atoms with Crippen LogP contribution in [0.4, 0.5) is 5.69 Å². The third-order valence-corrected chi connectivity index (χ3v) is 3.59. The zero-order valence-electron chi connectivity index (χ0n) is 10.9. The van der Waals surface area contributed by atoms with Gasteiger partial charge < -0.3 is 0 Å². The number of para-hydroxylation sites is 1. The van der Waals surface area contributed by atoms with Crippen LogP contribution in [-0.2, 0) is 6.42 Å². The summed E-state index contributed by atoms with van der Waals surface area (Å²) in [6, 6.07) is 8.40. The predicted molar refractivity (Wildman–Crippen MR) is 77.6 cm³/mol. The lowest BCUT2D eigenvalue weighted by atomic mass is 10.1. The summed E-state index contributed by atoms with van der Waals surface area (Å²) >= 11 is 0. The highest BCUT2D eigenvalue weighted by Crippen LogP contribution is 2.27. The van der Waals surface area contributed by atoms with E-state index in [-0.39, 0.29) is 0 Å². The Hall–Kier alpha value is -1.33. The van der Waals surface area contributed by atoms with Gasteiger partial charge in [-0.3, -0.25) is 4.99 Å². The fourth-order valence-corrected chi connectivity index (χ4v) is 2.53. The Morgan fingerprint density at radius 2 is 2.00 bits per heavy atom. The number of benzene rings is 1. The smallest absolute Gasteiger partial charge is 0.129 e. The van der Waals surface area contributed by atoms with Crippen LogP contribution in [0.3, 0.4) is 0 Å². The lowest BCUT2D eigenvalue weighted by molar-refractivity contribution is 1.11. The first-order valence-corrected chi connectivity index (χ1v) is 9.69. The SMILES string of the molecule is C[Si](C)(C)C#CCCC1=Nc2ccccc2C1. The van der Waals surface area contributed by atoms with Crippen LogP contribution in [0, 0.1) is 11.5 Å². The van der Waals surface area contributed by atoms with Crippen LogP contribution < -0.4 is 0 Å². The Morgan fingerprint density at radius 3 is 2.71 bits per heavy atom. The van der Waals surface area contributed by atoms with Crippen molar-refractivity contribution in [3.05, 3.63) is 29.8 Å². The third kappa shape index (κ3) is 3.57. The number of aliphatic imine (C=N–C) groups is 1. The Kier molecular flexibility index (Phi) is 3.49. The Labute approximate surface area is 105 Å². The summed E-state index contributed by atoms with van der Waals surface area (Å²) in [6.45, 7) is 6.84. The molecule has 0 spiro atoms. The van der Waals surface area contributed by atoms with Crippen molar-refractivity contribution in [2.75, 3.05) is 0 Å². The Balaban J connectivity index is 1.90. The van der Waals surface area contributed by atoms with Crippen molar-refractivity contribution in [2.45, 2.75) is 38.9 Å². The molecule has 0 N–H and O–H groups in total. The molecule has 1 aliphatic rings. The van der Waals surface area contributed by atoms with Gasteiger partial charge in [0.05, 0.1) is 5.69 Å². The molecule has 2 heteroatoms. The average Bonchev–Trinajstić information content (AvgIpc) is 2.65. The molecule has 1 heterocycles. The van der Waals surface area contributed by atoms with E-state index in [2.05, 4.69) is 60.4 Å². The van der Waals surface area contributed by atoms with Gasteiger partial charge in [-0.25, -0.2) is 0 Å². The first kappa shape index (κ1) is 12.1. The van der Waals surface area contributed by atoms with Gasteiger partial charge >= 0.3 is 0 Å². The molecule has 1 aliphatic heterocycles. The van der Waals surface area contributed by atoms with Gasteiger partial charge in [-0.2, -0.15) is 0 Å². The number of hydrogen-bond acceptors (Lipinski definition) is 1. The summed E-state index contributed by atoms with van der Waals surface area (Å²) < 4.78 is 0. The molecule has 0 aliphatic carbocycles. The molecule has 0 saturated heterocycles. The van der Waals surface area contributed by atoms with Gasteiger partial charge in [-0.1, -0.05) is 37.8 Å². The number of nitrogens with zero attached hydrogens (tertiary/aromatic N) is 1. The molecule has 0 fully saturated rings. The van der Waals surface area contributed by atoms with Gasteiger partial charge in [-0.05, 0) is 18.1 Å². The maximum absolute atomic E-state index is 4.65. The van der Waals surface area contributed by atoms with Crippen molar-refractivity contribution in [1.29, 1.82) is 0 Å². The maximum Gasteiger partial charge on any atom is 0.129 e. The van der Waals surface area contributed by atoms with E-state index in [0.29, 0.717) is 0 Å². The second-order valence-corrected chi connectivity index (χ2v) is 10.3. The first-order chi connectivity index (χ1) is 8.04. The molecular formula is C15H19NSi. The lowest BCUT2D eigenvalue weighted by Crippen LogP contribution is -2.16. The summed E-state index contributed by atoms with van der Waals surface area (Å²) in [4.78, 5) is 4.65. The molecule has 0 aromatic heterocycles. The molecule has 88 valence electrons. The minimum atomic E-state index is -1.20. The number of rotatable bonds is 2. The highest BCUT2D eigenvalue weighted by Gasteiger charge is 2.12. The van der Waals surface area contributed by atoms with Crippen LogP contribution in [0.2, 0.25) is 19.6 Å². The molecule has 0 saturated carbocycles. The van der Waals surface area contributed by atoms with Crippen molar-refractivity contribution < 1.29 is 0 Å². The Morgan fingerprint density at radius 1 is 1.24 bits per heavy atom. The summed E-state index contributed by atoms with van der Waals surface area (Å²) in [7, 11) is -1.20. The quantitative estimate of drug-likeness (QED) is 0.548. The van der Waals surface area contributed by atoms with E-state index in [1.54, 1.807) is 0 Å². The largest absolute Gasteiger partial charge is 0.257 e. The van der Waals surface area contributed by atoms with E-state index in [4.69, 9.17) is 0 Å². The van der Waals surface area contributed by atoms with Crippen molar-refractivity contribution in [2.24, 2.45) is 4.99 Å². The second-order valence-electron chi connectivity index (χ2n) is 5.54. The van der Waals surface area contributed by atoms with Crippen molar-refractivity contribution >= 4 is 19.5 Å². The van der Waals surface area contributed by atoms with Crippen molar-refractivity contribution in [3.8, 4) is 11.5 Å². The van der Waals surface area contributed by atoms with E-state index in [9.17, 15) is 0 Å². The van der Waals surface area contributed by atoms with Crippen LogP contribution in [0.25, 0.3) is 0 Å². The fourth-order valence-electron chi connectivity index (χ4n) is 1.88. The predicted octanol–water partition coefficient (Wildman–Crippen LogP) is 3.98. The van der Waals surface area contributed by atoms with E-state index >= 15 is 0 Å². The summed E-state index contributed by atoms with van der Waals surface area (Å²) in [5.74, 6) is 3.31. The molecule has 0 amide bonds. The van der Waals surface area contributed by atoms with Gasteiger partial charge in [0, 0.05) is 18.6 Å². The average molecular weight is 241 g/mol. The van der Waals surface area contributed by atoms with Gasteiger partial charge in [0.15, 0.2) is 0 Å². The standard InChI is InChI=1S/C15H19NSi/c1-17(2,3)11-7-6-9-14-12-13-8-4-5-10-15(13)16-14/h4-5,8,10H,6,9,12H2,1-3H3. The van der Waals surface area contributed by atoms with Gasteiger partial charge in [0.25, 0.3) is 0 Å². The molecule has 1 nitrogen and oxygen atoms in total. The molecule has 1 aromatic rings. The normalized spacial score (nSPS) is 13.7. The number of hydrogen-bond donors (Lipinski definition) is 0. The van der Waals surface area contributed by atoms with Crippen LogP contribution in [0.15, 0.2) is 29.3 Å². The second kappa shape index (κ2) is 4.89. The molecule has 0 unspecified atom stereocenters. The van der Waals surface area contributed by atoms with E-state index in [0.717, 1.165) is 24.9 Å². The van der Waals surface area contributed by atoms with Crippen LogP contribution in [0.5, 0.6) is 0 Å². The van der Waals surface area contributed by atoms with Crippen LogP contribution >= 0.6 is 0 Å². The van der Waals surface area contributed by atoms with E-state index < -0.39 is 8.07 Å². The van der Waals surface area contributed by atoms with Gasteiger partial charge in [0.1, 0.15) is 8.07 Å². The molecule has 0 atom stereocenters. The topological polar surface area (TPSA) is 12.4 Å². The van der Waals surface area contributed by atoms with Crippen molar-refractivity contribution in [3.63, 3.8) is 0 Å². The Bertz CT molecular complexity index is 498. The summed E-state index contributed by atoms with van der Waals surface area (Å²) in [5, 5.41) is 0. The van der Waals surface area contributed by atoms with E-state index in [1.807, 2.05) is 0 Å². The minimum Gasteiger partial charge on any atom is -0.257 e. The number of fused-ring (bicyclic) bond motifs is 1. The van der Waals surface area contributed by atoms with Crippen LogP contribution in [-0.4, -0.2) is 13.8 Å². The van der Waals surface area contributed by atoms with Crippen LogP contribution in [0.1, 0.15) is 18.4 Å². The molecule has 0 bridgehead atoms. The zero-order valence-corrected chi connectivity index (χ0v) is 11.9. The molecular weight excluding hydrogens is 222 g/mol. The minimum absolute atomic E-state index is 0.955. The monoisotopic (exact) mass is 241 g/mol. The summed E-state index contributed by atoms with van der Waals surface area (Å²) in [6.07, 6.45) is 2.99. The maximum atomic E-state index is 4.65. The van der Waals surface area contributed by atoms with Gasteiger partial charge in [-0.15, -0.1) is 11.5 Å². The first-order valence-electron chi connectivity index (χ1n) is 6.19. The lowest BCUT2D eigenvalue weighted by Gasteiger charge is -2.03. The molecule has 0 radical (unpaired) electrons. The molecule has 17 heavy (non-hydrogen) atoms. The third-order valence-electron chi connectivity index (χ3n) is 2.67. The molecule has 1 aromatic carbocycles. The highest BCUT2D eigenvalue weighted by atomic mass is 28.3. The molecule has 2 rings (SSSR count). The van der Waals surface area contributed by atoms with Crippen molar-refractivity contribution in [1.82, 2.24) is 0 Å². The zero-order chi connectivity index (χ0) is 12.3. The highest BCUT2D eigenvalue weighted by molar-refractivity contribution is 6.83. The van der Waals surface area contributed by atoms with E-state index in [1.165, 1.54) is 11.3 Å². The fraction of sp³-hybridized carbons (Fsp3) is 0.400. The summed E-state index contributed by atoms with van der Waals surface area (Å²) in [5.41, 5.74) is 7.20. The van der Waals surface area contributed by atoms with Gasteiger partial charge in [0.2, 0.25) is 0 Å².